The van der Waals surface area contributed by atoms with E-state index in [-0.39, 0.29) is 0 Å². The van der Waals surface area contributed by atoms with Crippen molar-refractivity contribution in [2.75, 3.05) is 0 Å². The maximum Gasteiger partial charge on any atom is 0.217 e. The van der Waals surface area contributed by atoms with Gasteiger partial charge in [0.1, 0.15) is 0 Å². The number of thiol groups is 1. The molecule has 0 aliphatic rings. The summed E-state index contributed by atoms with van der Waals surface area (Å²) in [6, 6.07) is 4.88. The molecule has 0 amide bonds. The van der Waals surface area contributed by atoms with Gasteiger partial charge >= 0.3 is 0 Å². The summed E-state index contributed by atoms with van der Waals surface area (Å²) in [5, 5.41) is 0.377. The van der Waals surface area contributed by atoms with Gasteiger partial charge in [-0.1, -0.05) is 23.2 Å². The van der Waals surface area contributed by atoms with Gasteiger partial charge in [-0.15, -0.1) is 0 Å². The summed E-state index contributed by atoms with van der Waals surface area (Å²) in [4.78, 5) is 10.3. The molecule has 4 heteroatoms. The molecular weight excluding hydrogens is 215 g/mol. The number of carbonyl (C=O) groups excluding carboxylic acids is 1. The standard InChI is InChI=1S/C8H5Cl2OS/c9-5-1-2-7(10)6(3-5)8(12)4-11/h1-3,8,12H/t8-/m1/s1. The zero-order valence-electron chi connectivity index (χ0n) is 5.92. The summed E-state index contributed by atoms with van der Waals surface area (Å²) in [7, 11) is 0. The van der Waals surface area contributed by atoms with Crippen LogP contribution in [0.2, 0.25) is 10.0 Å². The average Bonchev–Trinajstić information content (AvgIpc) is 2.08. The minimum absolute atomic E-state index is 0.475. The largest absolute Gasteiger partial charge is 0.289 e. The van der Waals surface area contributed by atoms with Gasteiger partial charge in [0.05, 0.1) is 5.25 Å². The zero-order chi connectivity index (χ0) is 9.14. The van der Waals surface area contributed by atoms with Gasteiger partial charge in [-0.25, -0.2) is 0 Å². The van der Waals surface area contributed by atoms with Gasteiger partial charge in [-0.2, -0.15) is 12.6 Å². The van der Waals surface area contributed by atoms with E-state index >= 15 is 0 Å². The van der Waals surface area contributed by atoms with Crippen LogP contribution in [0.1, 0.15) is 10.8 Å². The molecule has 63 valence electrons. The summed E-state index contributed by atoms with van der Waals surface area (Å²) in [5.41, 5.74) is 0.586. The Morgan fingerprint density at radius 1 is 1.42 bits per heavy atom. The highest BCUT2D eigenvalue weighted by Crippen LogP contribution is 2.28. The Labute approximate surface area is 86.1 Å². The number of halogens is 2. The Hall–Kier alpha value is -0.180. The summed E-state index contributed by atoms with van der Waals surface area (Å²) in [5.74, 6) is 0. The monoisotopic (exact) mass is 219 g/mol. The van der Waals surface area contributed by atoms with Gasteiger partial charge in [0, 0.05) is 10.0 Å². The van der Waals surface area contributed by atoms with Crippen LogP contribution in [-0.4, -0.2) is 6.29 Å². The topological polar surface area (TPSA) is 17.1 Å². The summed E-state index contributed by atoms with van der Waals surface area (Å²) in [6.45, 7) is 0. The molecular formula is C8H5Cl2OS. The van der Waals surface area contributed by atoms with Crippen LogP contribution in [0.4, 0.5) is 0 Å². The highest BCUT2D eigenvalue weighted by molar-refractivity contribution is 7.81. The fourth-order valence-electron chi connectivity index (χ4n) is 0.788. The van der Waals surface area contributed by atoms with Gasteiger partial charge in [-0.3, -0.25) is 4.79 Å². The third-order valence-corrected chi connectivity index (χ3v) is 2.33. The van der Waals surface area contributed by atoms with Crippen molar-refractivity contribution in [3.8, 4) is 0 Å². The van der Waals surface area contributed by atoms with Crippen molar-refractivity contribution in [3.63, 3.8) is 0 Å². The molecule has 0 saturated carbocycles. The van der Waals surface area contributed by atoms with Crippen molar-refractivity contribution in [1.29, 1.82) is 0 Å². The molecule has 0 aromatic heterocycles. The van der Waals surface area contributed by atoms with Gasteiger partial charge in [-0.05, 0) is 23.8 Å². The molecule has 0 aliphatic heterocycles. The van der Waals surface area contributed by atoms with Crippen molar-refractivity contribution in [2.24, 2.45) is 0 Å². The zero-order valence-corrected chi connectivity index (χ0v) is 8.33. The maximum absolute atomic E-state index is 10.3. The molecule has 0 saturated heterocycles. The Balaban J connectivity index is 3.12. The second-order valence-electron chi connectivity index (χ2n) is 2.19. The quantitative estimate of drug-likeness (QED) is 0.758. The second kappa shape index (κ2) is 4.17. The first-order chi connectivity index (χ1) is 5.65. The lowest BCUT2D eigenvalue weighted by molar-refractivity contribution is 0.554. The van der Waals surface area contributed by atoms with Gasteiger partial charge in [0.15, 0.2) is 0 Å². The van der Waals surface area contributed by atoms with E-state index < -0.39 is 5.25 Å². The summed E-state index contributed by atoms with van der Waals surface area (Å²) < 4.78 is 0. The fourth-order valence-corrected chi connectivity index (χ4v) is 1.48. The highest BCUT2D eigenvalue weighted by Gasteiger charge is 2.10. The summed E-state index contributed by atoms with van der Waals surface area (Å²) in [6.07, 6.45) is 1.72. The first-order valence-electron chi connectivity index (χ1n) is 3.16. The average molecular weight is 220 g/mol. The van der Waals surface area contributed by atoms with E-state index in [0.717, 1.165) is 0 Å². The molecule has 1 radical (unpaired) electrons. The first kappa shape index (κ1) is 9.90. The molecule has 12 heavy (non-hydrogen) atoms. The van der Waals surface area contributed by atoms with Gasteiger partial charge in [0.25, 0.3) is 0 Å². The Kier molecular flexibility index (Phi) is 3.44. The molecule has 0 bridgehead atoms. The van der Waals surface area contributed by atoms with Crippen LogP contribution in [0.15, 0.2) is 18.2 Å². The third kappa shape index (κ3) is 2.16. The van der Waals surface area contributed by atoms with Crippen LogP contribution in [0.3, 0.4) is 0 Å². The lowest BCUT2D eigenvalue weighted by Crippen LogP contribution is -1.92. The predicted octanol–water partition coefficient (Wildman–Crippen LogP) is 3.07. The SMILES string of the molecule is O=[C][C@@H](S)c1cc(Cl)ccc1Cl. The number of hydrogen-bond donors (Lipinski definition) is 1. The third-order valence-electron chi connectivity index (χ3n) is 1.36. The van der Waals surface area contributed by atoms with Crippen molar-refractivity contribution in [2.45, 2.75) is 5.25 Å². The molecule has 0 aliphatic carbocycles. The van der Waals surface area contributed by atoms with Crippen LogP contribution >= 0.6 is 35.8 Å². The lowest BCUT2D eigenvalue weighted by atomic mass is 10.1. The molecule has 1 nitrogen and oxygen atoms in total. The molecule has 1 aromatic rings. The molecule has 1 aromatic carbocycles. The fraction of sp³-hybridized carbons (Fsp3) is 0.125. The van der Waals surface area contributed by atoms with E-state index in [1.165, 1.54) is 0 Å². The summed E-state index contributed by atoms with van der Waals surface area (Å²) >= 11 is 15.4. The highest BCUT2D eigenvalue weighted by atomic mass is 35.5. The minimum atomic E-state index is -0.629. The second-order valence-corrected chi connectivity index (χ2v) is 3.55. The van der Waals surface area contributed by atoms with Crippen LogP contribution in [0.25, 0.3) is 0 Å². The Morgan fingerprint density at radius 2 is 2.08 bits per heavy atom. The number of hydrogen-bond acceptors (Lipinski definition) is 2. The van der Waals surface area contributed by atoms with Crippen LogP contribution < -0.4 is 0 Å². The normalized spacial score (nSPS) is 12.6. The Morgan fingerprint density at radius 3 is 2.67 bits per heavy atom. The van der Waals surface area contributed by atoms with E-state index in [1.54, 1.807) is 24.5 Å². The molecule has 1 atom stereocenters. The van der Waals surface area contributed by atoms with Crippen LogP contribution in [0.5, 0.6) is 0 Å². The molecule has 1 rings (SSSR count). The van der Waals surface area contributed by atoms with E-state index in [1.807, 2.05) is 0 Å². The van der Waals surface area contributed by atoms with E-state index in [4.69, 9.17) is 23.2 Å². The number of rotatable bonds is 2. The Bertz CT molecular complexity index is 301. The van der Waals surface area contributed by atoms with Crippen LogP contribution in [0, 0.1) is 0 Å². The van der Waals surface area contributed by atoms with Crippen molar-refractivity contribution in [1.82, 2.24) is 0 Å². The van der Waals surface area contributed by atoms with Crippen molar-refractivity contribution in [3.05, 3.63) is 33.8 Å². The predicted molar refractivity (Wildman–Crippen MR) is 53.9 cm³/mol. The van der Waals surface area contributed by atoms with Gasteiger partial charge in [0.2, 0.25) is 6.29 Å². The molecule has 0 heterocycles. The molecule has 0 unspecified atom stereocenters. The molecule has 0 spiro atoms. The number of benzene rings is 1. The van der Waals surface area contributed by atoms with Crippen molar-refractivity contribution < 1.29 is 4.79 Å². The maximum atomic E-state index is 10.3. The van der Waals surface area contributed by atoms with Gasteiger partial charge < -0.3 is 0 Å². The van der Waals surface area contributed by atoms with E-state index in [2.05, 4.69) is 12.6 Å². The lowest BCUT2D eigenvalue weighted by Gasteiger charge is -2.05. The molecule has 0 fully saturated rings. The van der Waals surface area contributed by atoms with Crippen molar-refractivity contribution >= 4 is 42.1 Å². The first-order valence-corrected chi connectivity index (χ1v) is 4.43. The smallest absolute Gasteiger partial charge is 0.217 e. The minimum Gasteiger partial charge on any atom is -0.289 e. The molecule has 0 N–H and O–H groups in total. The van der Waals surface area contributed by atoms with E-state index in [0.29, 0.717) is 15.6 Å². The van der Waals surface area contributed by atoms with Crippen LogP contribution in [-0.2, 0) is 4.79 Å². The van der Waals surface area contributed by atoms with E-state index in [9.17, 15) is 4.79 Å².